The summed E-state index contributed by atoms with van der Waals surface area (Å²) in [7, 11) is -3.12. The number of anilines is 2. The Bertz CT molecular complexity index is 1030. The molecule has 3 aliphatic heterocycles. The Morgan fingerprint density at radius 3 is 2.70 bits per heavy atom. The van der Waals surface area contributed by atoms with Gasteiger partial charge in [-0.3, -0.25) is 0 Å². The first-order valence-electron chi connectivity index (χ1n) is 10.7. The standard InChI is InChI=1S/C21H29N5O3S/c1-30(27,28)26-10-6-17(7-11-26)23-20-22-12-16-4-2-5-18(19(16)24-20)25-9-3-8-21(13-25)14-29-15-21/h2,4-5,12,17H,3,6-11,13-15H2,1H3,(H,22,23,24). The quantitative estimate of drug-likeness (QED) is 0.793. The van der Waals surface area contributed by atoms with Gasteiger partial charge in [0.15, 0.2) is 0 Å². The lowest BCUT2D eigenvalue weighted by atomic mass is 9.78. The van der Waals surface area contributed by atoms with Crippen LogP contribution in [0.3, 0.4) is 0 Å². The number of benzene rings is 1. The number of hydrogen-bond acceptors (Lipinski definition) is 7. The molecule has 3 aliphatic rings. The number of para-hydroxylation sites is 1. The number of nitrogens with one attached hydrogen (secondary N) is 1. The minimum absolute atomic E-state index is 0.179. The zero-order valence-electron chi connectivity index (χ0n) is 17.4. The lowest BCUT2D eigenvalue weighted by molar-refractivity contribution is -0.117. The Hall–Kier alpha value is -1.97. The van der Waals surface area contributed by atoms with Crippen molar-refractivity contribution in [3.63, 3.8) is 0 Å². The van der Waals surface area contributed by atoms with E-state index in [1.807, 2.05) is 6.20 Å². The highest BCUT2D eigenvalue weighted by molar-refractivity contribution is 7.88. The van der Waals surface area contributed by atoms with Crippen LogP contribution in [0.5, 0.6) is 0 Å². The molecular formula is C21H29N5O3S. The monoisotopic (exact) mass is 431 g/mol. The van der Waals surface area contributed by atoms with E-state index < -0.39 is 10.0 Å². The highest BCUT2D eigenvalue weighted by Gasteiger charge is 2.42. The van der Waals surface area contributed by atoms with E-state index in [1.165, 1.54) is 19.1 Å². The van der Waals surface area contributed by atoms with Gasteiger partial charge >= 0.3 is 0 Å². The number of piperidine rings is 2. The summed E-state index contributed by atoms with van der Waals surface area (Å²) >= 11 is 0. The molecular weight excluding hydrogens is 402 g/mol. The van der Waals surface area contributed by atoms with Gasteiger partial charge in [0.1, 0.15) is 0 Å². The van der Waals surface area contributed by atoms with Crippen LogP contribution in [0.1, 0.15) is 25.7 Å². The average molecular weight is 432 g/mol. The highest BCUT2D eigenvalue weighted by Crippen LogP contribution is 2.39. The SMILES string of the molecule is CS(=O)(=O)N1CCC(Nc2ncc3cccc(N4CCCC5(COC5)C4)c3n2)CC1. The van der Waals surface area contributed by atoms with Crippen molar-refractivity contribution in [1.29, 1.82) is 0 Å². The molecule has 30 heavy (non-hydrogen) atoms. The molecule has 5 rings (SSSR count). The van der Waals surface area contributed by atoms with Gasteiger partial charge in [-0.1, -0.05) is 12.1 Å². The van der Waals surface area contributed by atoms with E-state index in [1.54, 1.807) is 4.31 Å². The molecule has 0 saturated carbocycles. The van der Waals surface area contributed by atoms with Gasteiger partial charge in [-0.25, -0.2) is 22.7 Å². The molecule has 0 amide bonds. The number of fused-ring (bicyclic) bond motifs is 1. The summed E-state index contributed by atoms with van der Waals surface area (Å²) in [5.74, 6) is 0.617. The molecule has 0 radical (unpaired) electrons. The van der Waals surface area contributed by atoms with Crippen LogP contribution in [0.25, 0.3) is 10.9 Å². The van der Waals surface area contributed by atoms with Crippen LogP contribution in [0, 0.1) is 5.41 Å². The summed E-state index contributed by atoms with van der Waals surface area (Å²) in [5.41, 5.74) is 2.44. The molecule has 3 fully saturated rings. The van der Waals surface area contributed by atoms with Gasteiger partial charge in [0, 0.05) is 49.2 Å². The molecule has 9 heteroatoms. The van der Waals surface area contributed by atoms with Crippen LogP contribution in [0.15, 0.2) is 24.4 Å². The lowest BCUT2D eigenvalue weighted by Gasteiger charge is -2.49. The second kappa shape index (κ2) is 7.62. The molecule has 1 spiro atoms. The fraction of sp³-hybridized carbons (Fsp3) is 0.619. The first-order chi connectivity index (χ1) is 14.4. The molecule has 2 aromatic rings. The number of hydrogen-bond donors (Lipinski definition) is 1. The van der Waals surface area contributed by atoms with E-state index in [-0.39, 0.29) is 6.04 Å². The van der Waals surface area contributed by atoms with E-state index in [0.29, 0.717) is 24.5 Å². The predicted molar refractivity (Wildman–Crippen MR) is 117 cm³/mol. The summed E-state index contributed by atoms with van der Waals surface area (Å²) in [4.78, 5) is 11.8. The van der Waals surface area contributed by atoms with Crippen molar-refractivity contribution < 1.29 is 13.2 Å². The first-order valence-corrected chi connectivity index (χ1v) is 12.6. The van der Waals surface area contributed by atoms with Gasteiger partial charge in [-0.15, -0.1) is 0 Å². The maximum absolute atomic E-state index is 11.7. The Kier molecular flexibility index (Phi) is 5.07. The van der Waals surface area contributed by atoms with E-state index in [4.69, 9.17) is 9.72 Å². The summed E-state index contributed by atoms with van der Waals surface area (Å²) in [6.07, 6.45) is 7.08. The molecule has 3 saturated heterocycles. The number of aromatic nitrogens is 2. The molecule has 1 N–H and O–H groups in total. The number of ether oxygens (including phenoxy) is 1. The third-order valence-electron chi connectivity index (χ3n) is 6.66. The smallest absolute Gasteiger partial charge is 0.223 e. The summed E-state index contributed by atoms with van der Waals surface area (Å²) < 4.78 is 30.5. The van der Waals surface area contributed by atoms with Crippen LogP contribution in [-0.4, -0.2) is 74.4 Å². The number of nitrogens with zero attached hydrogens (tertiary/aromatic N) is 4. The lowest BCUT2D eigenvalue weighted by Crippen LogP contribution is -2.54. The maximum atomic E-state index is 11.7. The minimum atomic E-state index is -3.12. The van der Waals surface area contributed by atoms with Crippen molar-refractivity contribution in [2.45, 2.75) is 31.7 Å². The predicted octanol–water partition coefficient (Wildman–Crippen LogP) is 2.08. The van der Waals surface area contributed by atoms with Crippen LogP contribution >= 0.6 is 0 Å². The van der Waals surface area contributed by atoms with Crippen molar-refractivity contribution in [3.8, 4) is 0 Å². The van der Waals surface area contributed by atoms with Gasteiger partial charge in [0.05, 0.1) is 30.7 Å². The third-order valence-corrected chi connectivity index (χ3v) is 7.97. The van der Waals surface area contributed by atoms with E-state index in [0.717, 1.165) is 55.7 Å². The molecule has 0 bridgehead atoms. The molecule has 0 aliphatic carbocycles. The Balaban J connectivity index is 1.35. The van der Waals surface area contributed by atoms with E-state index >= 15 is 0 Å². The van der Waals surface area contributed by atoms with E-state index in [9.17, 15) is 8.42 Å². The minimum Gasteiger partial charge on any atom is -0.380 e. The zero-order chi connectivity index (χ0) is 20.8. The summed E-state index contributed by atoms with van der Waals surface area (Å²) in [5, 5.41) is 4.47. The van der Waals surface area contributed by atoms with Gasteiger partial charge < -0.3 is 15.0 Å². The van der Waals surface area contributed by atoms with Crippen molar-refractivity contribution in [1.82, 2.24) is 14.3 Å². The summed E-state index contributed by atoms with van der Waals surface area (Å²) in [6.45, 7) is 4.85. The normalized spacial score (nSPS) is 22.9. The molecule has 1 aromatic carbocycles. The zero-order valence-corrected chi connectivity index (χ0v) is 18.2. The number of sulfonamides is 1. The molecule has 0 unspecified atom stereocenters. The Labute approximate surface area is 177 Å². The molecule has 162 valence electrons. The van der Waals surface area contributed by atoms with Gasteiger partial charge in [-0.2, -0.15) is 0 Å². The Morgan fingerprint density at radius 2 is 2.00 bits per heavy atom. The van der Waals surface area contributed by atoms with Crippen LogP contribution in [0.4, 0.5) is 11.6 Å². The van der Waals surface area contributed by atoms with E-state index in [2.05, 4.69) is 33.4 Å². The molecule has 1 aromatic heterocycles. The average Bonchev–Trinajstić information content (AvgIpc) is 2.72. The van der Waals surface area contributed by atoms with Gasteiger partial charge in [0.2, 0.25) is 16.0 Å². The summed E-state index contributed by atoms with van der Waals surface area (Å²) in [6, 6.07) is 6.47. The van der Waals surface area contributed by atoms with Gasteiger partial charge in [-0.05, 0) is 31.7 Å². The topological polar surface area (TPSA) is 87.7 Å². The first kappa shape index (κ1) is 20.0. The van der Waals surface area contributed by atoms with Crippen molar-refractivity contribution >= 4 is 32.6 Å². The largest absolute Gasteiger partial charge is 0.380 e. The Morgan fingerprint density at radius 1 is 1.20 bits per heavy atom. The van der Waals surface area contributed by atoms with Crippen molar-refractivity contribution in [2.24, 2.45) is 5.41 Å². The second-order valence-corrected chi connectivity index (χ2v) is 11.0. The van der Waals surface area contributed by atoms with Crippen molar-refractivity contribution in [2.75, 3.05) is 55.9 Å². The molecule has 0 atom stereocenters. The van der Waals surface area contributed by atoms with Crippen LogP contribution in [0.2, 0.25) is 0 Å². The fourth-order valence-electron chi connectivity index (χ4n) is 4.92. The van der Waals surface area contributed by atoms with Gasteiger partial charge in [0.25, 0.3) is 0 Å². The molecule has 8 nitrogen and oxygen atoms in total. The third kappa shape index (κ3) is 3.86. The number of rotatable bonds is 4. The second-order valence-electron chi connectivity index (χ2n) is 9.01. The van der Waals surface area contributed by atoms with Crippen molar-refractivity contribution in [3.05, 3.63) is 24.4 Å². The van der Waals surface area contributed by atoms with Crippen LogP contribution < -0.4 is 10.2 Å². The fourth-order valence-corrected chi connectivity index (χ4v) is 5.79. The highest BCUT2D eigenvalue weighted by atomic mass is 32.2. The van der Waals surface area contributed by atoms with Crippen LogP contribution in [-0.2, 0) is 14.8 Å². The maximum Gasteiger partial charge on any atom is 0.223 e. The molecule has 4 heterocycles.